The molecule has 3 rings (SSSR count). The molecule has 1 aliphatic heterocycles. The number of rotatable bonds is 4. The molecule has 1 amide bonds. The van der Waals surface area contributed by atoms with Crippen LogP contribution in [0, 0.1) is 0 Å². The molecule has 2 aromatic rings. The van der Waals surface area contributed by atoms with Crippen molar-refractivity contribution >= 4 is 62.6 Å². The lowest BCUT2D eigenvalue weighted by atomic mass is 10.1. The minimum Gasteiger partial charge on any atom is -0.479 e. The van der Waals surface area contributed by atoms with Crippen molar-refractivity contribution in [3.05, 3.63) is 51.1 Å². The monoisotopic (exact) mass is 554 g/mol. The van der Waals surface area contributed by atoms with Crippen LogP contribution in [-0.2, 0) is 15.0 Å². The second-order valence-corrected chi connectivity index (χ2v) is 10.1. The lowest BCUT2D eigenvalue weighted by Gasteiger charge is -2.31. The molecule has 2 N–H and O–H groups in total. The Hall–Kier alpha value is -2.31. The second kappa shape index (κ2) is 13.0. The number of nitrogens with one attached hydrogen (secondary N) is 1. The van der Waals surface area contributed by atoms with Crippen LogP contribution in [-0.4, -0.2) is 73.4 Å². The van der Waals surface area contributed by atoms with Crippen LogP contribution >= 0.6 is 34.8 Å². The van der Waals surface area contributed by atoms with Crippen LogP contribution in [0.5, 0.6) is 5.88 Å². The number of anilines is 1. The Kier molecular flexibility index (Phi) is 11.3. The maximum atomic E-state index is 12.0. The van der Waals surface area contributed by atoms with Gasteiger partial charge in [0.05, 0.1) is 16.3 Å². The number of carboxylic acids is 1. The Labute approximate surface area is 213 Å². The minimum atomic E-state index is -3.75. The van der Waals surface area contributed by atoms with Gasteiger partial charge < -0.3 is 14.7 Å². The first-order valence-corrected chi connectivity index (χ1v) is 12.2. The molecule has 0 radical (unpaired) electrons. The van der Waals surface area contributed by atoms with E-state index in [1.165, 1.54) is 6.07 Å². The third kappa shape index (κ3) is 8.80. The van der Waals surface area contributed by atoms with Crippen molar-refractivity contribution in [2.75, 3.05) is 32.5 Å². The number of hydrogen-bond donors (Lipinski definition) is 2. The highest BCUT2D eigenvalue weighted by molar-refractivity contribution is 7.91. The number of aromatic nitrogens is 1. The topological polar surface area (TPSA) is 129 Å². The lowest BCUT2D eigenvalue weighted by molar-refractivity contribution is -0.139. The van der Waals surface area contributed by atoms with Crippen molar-refractivity contribution in [3.8, 4) is 5.88 Å². The summed E-state index contributed by atoms with van der Waals surface area (Å²) in [5.74, 6) is -1.67. The van der Waals surface area contributed by atoms with Gasteiger partial charge in [0, 0.05) is 6.04 Å². The van der Waals surface area contributed by atoms with E-state index in [-0.39, 0.29) is 21.1 Å². The van der Waals surface area contributed by atoms with Gasteiger partial charge >= 0.3 is 16.2 Å². The van der Waals surface area contributed by atoms with Crippen LogP contribution in [0.15, 0.2) is 30.3 Å². The number of ether oxygens (including phenoxy) is 1. The molecule has 2 heterocycles. The molecule has 14 heteroatoms. The van der Waals surface area contributed by atoms with Crippen molar-refractivity contribution < 1.29 is 27.9 Å². The summed E-state index contributed by atoms with van der Waals surface area (Å²) in [6.07, 6.45) is 0. The standard InChI is InChI=1S/C10H12N2O3S.C7H4Cl3NO3.C3H9N/c1-7(2)12-10(13)8-5-3-4-6-9(8)11-16(12,14)15;8-3-1-4(9)7(11-6(3)10)14-2-5(12)13;1-4(2)3/h3-7,11H,1-2H3;1H,2H2,(H,12,13);1-3H3. The summed E-state index contributed by atoms with van der Waals surface area (Å²) in [6, 6.07) is 7.49. The van der Waals surface area contributed by atoms with E-state index >= 15 is 0 Å². The summed E-state index contributed by atoms with van der Waals surface area (Å²) in [7, 11) is 2.25. The number of carbonyl (C=O) groups excluding carboxylic acids is 1. The van der Waals surface area contributed by atoms with Crippen LogP contribution < -0.4 is 9.46 Å². The van der Waals surface area contributed by atoms with Gasteiger partial charge in [-0.3, -0.25) is 9.52 Å². The highest BCUT2D eigenvalue weighted by Crippen LogP contribution is 2.30. The van der Waals surface area contributed by atoms with Crippen LogP contribution in [0.3, 0.4) is 0 Å². The van der Waals surface area contributed by atoms with E-state index in [9.17, 15) is 18.0 Å². The Morgan fingerprint density at radius 1 is 1.18 bits per heavy atom. The Morgan fingerprint density at radius 2 is 1.74 bits per heavy atom. The molecule has 0 atom stereocenters. The number of carbonyl (C=O) groups is 2. The van der Waals surface area contributed by atoms with Gasteiger partial charge in [-0.25, -0.2) is 9.10 Å². The van der Waals surface area contributed by atoms with E-state index in [1.54, 1.807) is 38.1 Å². The van der Waals surface area contributed by atoms with Gasteiger partial charge in [0.15, 0.2) is 11.8 Å². The van der Waals surface area contributed by atoms with Crippen LogP contribution in [0.2, 0.25) is 15.2 Å². The Bertz CT molecular complexity index is 1130. The van der Waals surface area contributed by atoms with Gasteiger partial charge in [-0.15, -0.1) is 0 Å². The number of amides is 1. The van der Waals surface area contributed by atoms with Crippen molar-refractivity contribution in [2.45, 2.75) is 19.9 Å². The molecular weight excluding hydrogens is 531 g/mol. The SMILES string of the molecule is CC(C)N1C(=O)c2ccccc2NS1(=O)=O.CN(C)C.O=C(O)COc1nc(Cl)c(Cl)cc1Cl. The fourth-order valence-corrected chi connectivity index (χ4v) is 4.32. The largest absolute Gasteiger partial charge is 0.479 e. The molecule has 188 valence electrons. The van der Waals surface area contributed by atoms with Gasteiger partial charge in [-0.1, -0.05) is 46.9 Å². The average Bonchev–Trinajstić information content (AvgIpc) is 2.68. The van der Waals surface area contributed by atoms with E-state index in [1.807, 2.05) is 26.0 Å². The molecule has 0 saturated heterocycles. The molecule has 0 aliphatic carbocycles. The van der Waals surface area contributed by atoms with E-state index in [2.05, 4.69) is 9.71 Å². The number of para-hydroxylation sites is 1. The molecule has 0 fully saturated rings. The summed E-state index contributed by atoms with van der Waals surface area (Å²) >= 11 is 16.8. The van der Waals surface area contributed by atoms with Crippen molar-refractivity contribution in [2.24, 2.45) is 0 Å². The summed E-state index contributed by atoms with van der Waals surface area (Å²) < 4.78 is 31.6. The van der Waals surface area contributed by atoms with Gasteiger partial charge in [0.25, 0.3) is 5.91 Å². The molecule has 1 aliphatic rings. The van der Waals surface area contributed by atoms with Crippen LogP contribution in [0.25, 0.3) is 0 Å². The normalized spacial score (nSPS) is 13.7. The van der Waals surface area contributed by atoms with E-state index in [4.69, 9.17) is 44.6 Å². The number of hydrogen-bond acceptors (Lipinski definition) is 7. The maximum absolute atomic E-state index is 12.0. The molecular formula is C20H25Cl3N4O6S. The molecule has 0 saturated carbocycles. The number of carboxylic acid groups (broad SMARTS) is 1. The third-order valence-electron chi connectivity index (χ3n) is 3.51. The lowest BCUT2D eigenvalue weighted by Crippen LogP contribution is -2.48. The molecule has 0 unspecified atom stereocenters. The zero-order valence-electron chi connectivity index (χ0n) is 19.0. The zero-order valence-corrected chi connectivity index (χ0v) is 22.1. The first-order chi connectivity index (χ1) is 15.7. The second-order valence-electron chi connectivity index (χ2n) is 7.42. The average molecular weight is 556 g/mol. The minimum absolute atomic E-state index is 0.0106. The summed E-state index contributed by atoms with van der Waals surface area (Å²) in [6.45, 7) is 2.78. The first kappa shape index (κ1) is 29.7. The van der Waals surface area contributed by atoms with Crippen molar-refractivity contribution in [3.63, 3.8) is 0 Å². The van der Waals surface area contributed by atoms with Crippen molar-refractivity contribution in [1.29, 1.82) is 0 Å². The number of aliphatic carboxylic acids is 1. The van der Waals surface area contributed by atoms with Gasteiger partial charge in [-0.2, -0.15) is 13.4 Å². The Morgan fingerprint density at radius 3 is 2.26 bits per heavy atom. The fraction of sp³-hybridized carbons (Fsp3) is 0.350. The summed E-state index contributed by atoms with van der Waals surface area (Å²) in [4.78, 5) is 27.8. The number of benzene rings is 1. The van der Waals surface area contributed by atoms with E-state index in [0.29, 0.717) is 11.3 Å². The third-order valence-corrected chi connectivity index (χ3v) is 6.04. The smallest absolute Gasteiger partial charge is 0.341 e. The van der Waals surface area contributed by atoms with Crippen LogP contribution in [0.4, 0.5) is 5.69 Å². The van der Waals surface area contributed by atoms with Gasteiger partial charge in [0.2, 0.25) is 5.88 Å². The summed E-state index contributed by atoms with van der Waals surface area (Å²) in [5.41, 5.74) is 0.718. The predicted octanol–water partition coefficient (Wildman–Crippen LogP) is 3.89. The van der Waals surface area contributed by atoms with Crippen LogP contribution in [0.1, 0.15) is 24.2 Å². The quantitative estimate of drug-likeness (QED) is 0.544. The molecule has 10 nitrogen and oxygen atoms in total. The number of halogens is 3. The molecule has 1 aromatic carbocycles. The summed E-state index contributed by atoms with van der Waals surface area (Å²) in [5, 5.41) is 8.64. The Balaban J connectivity index is 0.000000297. The van der Waals surface area contributed by atoms with Gasteiger partial charge in [-0.05, 0) is 53.2 Å². The zero-order chi connectivity index (χ0) is 26.2. The van der Waals surface area contributed by atoms with Gasteiger partial charge in [0.1, 0.15) is 5.02 Å². The first-order valence-electron chi connectivity index (χ1n) is 9.60. The number of fused-ring (bicyclic) bond motifs is 1. The molecule has 0 bridgehead atoms. The van der Waals surface area contributed by atoms with E-state index in [0.717, 1.165) is 4.31 Å². The molecule has 34 heavy (non-hydrogen) atoms. The highest BCUT2D eigenvalue weighted by atomic mass is 35.5. The number of pyridine rings is 1. The van der Waals surface area contributed by atoms with Crippen molar-refractivity contribution in [1.82, 2.24) is 14.2 Å². The molecule has 0 spiro atoms. The molecule has 1 aromatic heterocycles. The predicted molar refractivity (Wildman–Crippen MR) is 132 cm³/mol. The number of nitrogens with zero attached hydrogens (tertiary/aromatic N) is 3. The van der Waals surface area contributed by atoms with E-state index < -0.39 is 34.7 Å². The fourth-order valence-electron chi connectivity index (χ4n) is 2.35. The highest BCUT2D eigenvalue weighted by Gasteiger charge is 2.36. The maximum Gasteiger partial charge on any atom is 0.341 e.